The fourth-order valence-corrected chi connectivity index (χ4v) is 3.58. The van der Waals surface area contributed by atoms with E-state index < -0.39 is 0 Å². The number of hydrogen-bond donors (Lipinski definition) is 1. The lowest BCUT2D eigenvalue weighted by Crippen LogP contribution is -2.35. The summed E-state index contributed by atoms with van der Waals surface area (Å²) >= 11 is 3.68. The van der Waals surface area contributed by atoms with Gasteiger partial charge in [0.25, 0.3) is 0 Å². The van der Waals surface area contributed by atoms with Crippen LogP contribution in [0.1, 0.15) is 44.8 Å². The number of thiazole rings is 1. The normalized spacial score (nSPS) is 13.9. The van der Waals surface area contributed by atoms with Gasteiger partial charge in [-0.25, -0.2) is 4.98 Å². The van der Waals surface area contributed by atoms with Gasteiger partial charge in [-0.2, -0.15) is 11.8 Å². The maximum atomic E-state index is 4.74. The van der Waals surface area contributed by atoms with E-state index in [1.165, 1.54) is 22.9 Å². The van der Waals surface area contributed by atoms with Crippen LogP contribution in [0.3, 0.4) is 0 Å². The predicted octanol–water partition coefficient (Wildman–Crippen LogP) is 3.60. The molecule has 20 heavy (non-hydrogen) atoms. The standard InChI is InChI=1S/C15H29N3S2/c1-7-13(11-19-6)18(5)9-12-10-20-14(17-12)8-16-15(2,3)4/h10,13,16H,7-9,11H2,1-6H3. The number of rotatable bonds is 8. The molecule has 1 atom stereocenters. The molecule has 1 N–H and O–H groups in total. The highest BCUT2D eigenvalue weighted by Crippen LogP contribution is 2.15. The topological polar surface area (TPSA) is 28.2 Å². The molecule has 1 aromatic heterocycles. The summed E-state index contributed by atoms with van der Waals surface area (Å²) in [6, 6.07) is 0.642. The minimum Gasteiger partial charge on any atom is -0.306 e. The molecule has 0 saturated carbocycles. The highest BCUT2D eigenvalue weighted by molar-refractivity contribution is 7.98. The van der Waals surface area contributed by atoms with Crippen molar-refractivity contribution in [2.45, 2.75) is 58.8 Å². The molecule has 0 radical (unpaired) electrons. The Bertz CT molecular complexity index is 385. The Morgan fingerprint density at radius 1 is 1.45 bits per heavy atom. The zero-order chi connectivity index (χ0) is 15.2. The molecule has 0 amide bonds. The first-order valence-corrected chi connectivity index (χ1v) is 9.50. The first-order chi connectivity index (χ1) is 9.35. The number of hydrogen-bond acceptors (Lipinski definition) is 5. The van der Waals surface area contributed by atoms with Crippen molar-refractivity contribution in [3.05, 3.63) is 16.1 Å². The number of nitrogens with one attached hydrogen (secondary N) is 1. The summed E-state index contributed by atoms with van der Waals surface area (Å²) in [5.74, 6) is 1.19. The van der Waals surface area contributed by atoms with Gasteiger partial charge in [0.05, 0.1) is 5.69 Å². The van der Waals surface area contributed by atoms with E-state index in [9.17, 15) is 0 Å². The molecular formula is C15H29N3S2. The van der Waals surface area contributed by atoms with Gasteiger partial charge in [0.15, 0.2) is 0 Å². The first kappa shape index (κ1) is 18.0. The van der Waals surface area contributed by atoms with Crippen molar-refractivity contribution in [3.8, 4) is 0 Å². The number of nitrogens with zero attached hydrogens (tertiary/aromatic N) is 2. The van der Waals surface area contributed by atoms with Crippen LogP contribution in [-0.2, 0) is 13.1 Å². The third-order valence-electron chi connectivity index (χ3n) is 3.23. The number of thioether (sulfide) groups is 1. The molecule has 0 aliphatic heterocycles. The summed E-state index contributed by atoms with van der Waals surface area (Å²) in [4.78, 5) is 7.16. The number of aromatic nitrogens is 1. The molecule has 0 bridgehead atoms. The summed E-state index contributed by atoms with van der Waals surface area (Å²) in [6.45, 7) is 10.6. The van der Waals surface area contributed by atoms with Crippen LogP contribution in [0.5, 0.6) is 0 Å². The van der Waals surface area contributed by atoms with Crippen LogP contribution >= 0.6 is 23.1 Å². The van der Waals surface area contributed by atoms with E-state index in [-0.39, 0.29) is 5.54 Å². The molecule has 1 heterocycles. The third kappa shape index (κ3) is 6.57. The van der Waals surface area contributed by atoms with Crippen molar-refractivity contribution in [1.29, 1.82) is 0 Å². The van der Waals surface area contributed by atoms with E-state index in [2.05, 4.69) is 56.6 Å². The van der Waals surface area contributed by atoms with Gasteiger partial charge in [-0.3, -0.25) is 4.90 Å². The summed E-state index contributed by atoms with van der Waals surface area (Å²) in [6.07, 6.45) is 3.37. The molecule has 1 aromatic rings. The van der Waals surface area contributed by atoms with Crippen molar-refractivity contribution in [2.75, 3.05) is 19.1 Å². The molecule has 1 unspecified atom stereocenters. The van der Waals surface area contributed by atoms with Gasteiger partial charge in [-0.1, -0.05) is 6.92 Å². The maximum absolute atomic E-state index is 4.74. The molecule has 0 aliphatic carbocycles. The van der Waals surface area contributed by atoms with Gasteiger partial charge in [0.2, 0.25) is 0 Å². The van der Waals surface area contributed by atoms with Crippen LogP contribution in [0.2, 0.25) is 0 Å². The van der Waals surface area contributed by atoms with Crippen molar-refractivity contribution in [2.24, 2.45) is 0 Å². The quantitative estimate of drug-likeness (QED) is 0.793. The fourth-order valence-electron chi connectivity index (χ4n) is 1.98. The Labute approximate surface area is 132 Å². The highest BCUT2D eigenvalue weighted by Gasteiger charge is 2.14. The summed E-state index contributed by atoms with van der Waals surface area (Å²) in [7, 11) is 2.21. The first-order valence-electron chi connectivity index (χ1n) is 7.23. The van der Waals surface area contributed by atoms with Crippen LogP contribution in [0, 0.1) is 0 Å². The van der Waals surface area contributed by atoms with E-state index in [1.54, 1.807) is 11.3 Å². The van der Waals surface area contributed by atoms with E-state index >= 15 is 0 Å². The molecular weight excluding hydrogens is 286 g/mol. The van der Waals surface area contributed by atoms with Crippen LogP contribution < -0.4 is 5.32 Å². The lowest BCUT2D eigenvalue weighted by molar-refractivity contribution is 0.245. The molecule has 5 heteroatoms. The second-order valence-corrected chi connectivity index (χ2v) is 8.12. The van der Waals surface area contributed by atoms with E-state index in [0.29, 0.717) is 6.04 Å². The van der Waals surface area contributed by atoms with E-state index in [0.717, 1.165) is 13.1 Å². The minimum atomic E-state index is 0.147. The Hall–Kier alpha value is -0.100. The minimum absolute atomic E-state index is 0.147. The van der Waals surface area contributed by atoms with Gasteiger partial charge < -0.3 is 5.32 Å². The van der Waals surface area contributed by atoms with Crippen molar-refractivity contribution >= 4 is 23.1 Å². The Morgan fingerprint density at radius 3 is 2.70 bits per heavy atom. The van der Waals surface area contributed by atoms with Gasteiger partial charge in [0.1, 0.15) is 5.01 Å². The molecule has 0 aliphatic rings. The van der Waals surface area contributed by atoms with Gasteiger partial charge in [-0.15, -0.1) is 11.3 Å². The molecule has 0 saturated heterocycles. The fraction of sp³-hybridized carbons (Fsp3) is 0.800. The summed E-state index contributed by atoms with van der Waals surface area (Å²) in [5, 5.41) is 6.87. The molecule has 0 fully saturated rings. The van der Waals surface area contributed by atoms with Gasteiger partial charge in [0, 0.05) is 35.8 Å². The zero-order valence-electron chi connectivity index (χ0n) is 13.7. The molecule has 116 valence electrons. The highest BCUT2D eigenvalue weighted by atomic mass is 32.2. The van der Waals surface area contributed by atoms with Crippen molar-refractivity contribution in [3.63, 3.8) is 0 Å². The maximum Gasteiger partial charge on any atom is 0.107 e. The Kier molecular flexibility index (Phi) is 7.51. The second-order valence-electron chi connectivity index (χ2n) is 6.27. The van der Waals surface area contributed by atoms with Crippen LogP contribution in [0.25, 0.3) is 0 Å². The van der Waals surface area contributed by atoms with E-state index in [1.807, 2.05) is 11.8 Å². The third-order valence-corrected chi connectivity index (χ3v) is 4.85. The average molecular weight is 316 g/mol. The SMILES string of the molecule is CCC(CSC)N(C)Cc1csc(CNC(C)(C)C)n1. The van der Waals surface area contributed by atoms with Gasteiger partial charge >= 0.3 is 0 Å². The monoisotopic (exact) mass is 315 g/mol. The lowest BCUT2D eigenvalue weighted by Gasteiger charge is -2.25. The molecule has 0 aromatic carbocycles. The zero-order valence-corrected chi connectivity index (χ0v) is 15.3. The smallest absolute Gasteiger partial charge is 0.107 e. The second kappa shape index (κ2) is 8.37. The molecule has 3 nitrogen and oxygen atoms in total. The van der Waals surface area contributed by atoms with Gasteiger partial charge in [-0.05, 0) is 40.5 Å². The van der Waals surface area contributed by atoms with Crippen molar-refractivity contribution < 1.29 is 0 Å². The Morgan fingerprint density at radius 2 is 2.15 bits per heavy atom. The van der Waals surface area contributed by atoms with Crippen LogP contribution in [0.4, 0.5) is 0 Å². The average Bonchev–Trinajstić information content (AvgIpc) is 2.80. The van der Waals surface area contributed by atoms with E-state index in [4.69, 9.17) is 4.98 Å². The Balaban J connectivity index is 2.50. The van der Waals surface area contributed by atoms with Crippen LogP contribution in [-0.4, -0.2) is 40.5 Å². The predicted molar refractivity (Wildman–Crippen MR) is 92.6 cm³/mol. The summed E-state index contributed by atoms with van der Waals surface area (Å²) in [5.41, 5.74) is 1.34. The van der Waals surface area contributed by atoms with Crippen LogP contribution in [0.15, 0.2) is 5.38 Å². The largest absolute Gasteiger partial charge is 0.306 e. The summed E-state index contributed by atoms with van der Waals surface area (Å²) < 4.78 is 0. The molecule has 1 rings (SSSR count). The molecule has 0 spiro atoms. The van der Waals surface area contributed by atoms with Crippen molar-refractivity contribution in [1.82, 2.24) is 15.2 Å². The lowest BCUT2D eigenvalue weighted by atomic mass is 10.1.